The van der Waals surface area contributed by atoms with E-state index < -0.39 is 12.2 Å². The highest BCUT2D eigenvalue weighted by Crippen LogP contribution is 2.37. The summed E-state index contributed by atoms with van der Waals surface area (Å²) in [7, 11) is 0. The van der Waals surface area contributed by atoms with E-state index in [1.165, 1.54) is 5.56 Å². The molecule has 26 heavy (non-hydrogen) atoms. The molecule has 0 bridgehead atoms. The van der Waals surface area contributed by atoms with Crippen LogP contribution in [0.4, 0.5) is 0 Å². The standard InChI is InChI=1S/C20H25N3O2S/c24-18-6-16-11-23(12-17(16)7-19(18)25)10-15-8-21-20(22-9-15)26-13-14-4-2-1-3-5-14/h1-5,8-9,16-19,24-25H,6-7,10-13H2/t16-,17+,18+,19-. The van der Waals surface area contributed by atoms with Crippen molar-refractivity contribution >= 4 is 11.8 Å². The summed E-state index contributed by atoms with van der Waals surface area (Å²) in [6, 6.07) is 10.3. The van der Waals surface area contributed by atoms with Crippen LogP contribution in [0.3, 0.4) is 0 Å². The maximum absolute atomic E-state index is 9.87. The minimum atomic E-state index is -0.555. The zero-order valence-corrected chi connectivity index (χ0v) is 15.6. The second kappa shape index (κ2) is 8.05. The molecule has 1 aliphatic heterocycles. The maximum Gasteiger partial charge on any atom is 0.187 e. The van der Waals surface area contributed by atoms with Gasteiger partial charge in [-0.25, -0.2) is 9.97 Å². The van der Waals surface area contributed by atoms with Gasteiger partial charge >= 0.3 is 0 Å². The van der Waals surface area contributed by atoms with Gasteiger partial charge in [0.25, 0.3) is 0 Å². The predicted octanol–water partition coefficient (Wildman–Crippen LogP) is 2.33. The lowest BCUT2D eigenvalue weighted by Crippen LogP contribution is -2.38. The molecule has 4 rings (SSSR count). The van der Waals surface area contributed by atoms with Gasteiger partial charge in [0.1, 0.15) is 0 Å². The number of rotatable bonds is 5. The Hall–Kier alpha value is -1.47. The fourth-order valence-electron chi connectivity index (χ4n) is 4.11. The van der Waals surface area contributed by atoms with Gasteiger partial charge in [0.05, 0.1) is 12.2 Å². The van der Waals surface area contributed by atoms with E-state index in [4.69, 9.17) is 0 Å². The first kappa shape index (κ1) is 17.9. The van der Waals surface area contributed by atoms with Gasteiger partial charge in [-0.15, -0.1) is 0 Å². The fraction of sp³-hybridized carbons (Fsp3) is 0.500. The van der Waals surface area contributed by atoms with Crippen LogP contribution in [-0.2, 0) is 12.3 Å². The highest BCUT2D eigenvalue weighted by molar-refractivity contribution is 7.98. The molecule has 1 aromatic carbocycles. The van der Waals surface area contributed by atoms with Crippen LogP contribution >= 0.6 is 11.8 Å². The highest BCUT2D eigenvalue weighted by Gasteiger charge is 2.40. The number of thioether (sulfide) groups is 1. The molecule has 2 aromatic rings. The van der Waals surface area contributed by atoms with Crippen molar-refractivity contribution in [1.82, 2.24) is 14.9 Å². The van der Waals surface area contributed by atoms with Crippen molar-refractivity contribution in [3.63, 3.8) is 0 Å². The first-order chi connectivity index (χ1) is 12.7. The van der Waals surface area contributed by atoms with Crippen LogP contribution in [-0.4, -0.2) is 50.4 Å². The normalized spacial score (nSPS) is 28.8. The maximum atomic E-state index is 9.87. The monoisotopic (exact) mass is 371 g/mol. The van der Waals surface area contributed by atoms with Crippen LogP contribution in [0.5, 0.6) is 0 Å². The molecule has 5 nitrogen and oxygen atoms in total. The summed E-state index contributed by atoms with van der Waals surface area (Å²) in [5.74, 6) is 1.87. The molecule has 2 heterocycles. The zero-order valence-electron chi connectivity index (χ0n) is 14.7. The Balaban J connectivity index is 1.29. The molecule has 138 valence electrons. The fourth-order valence-corrected chi connectivity index (χ4v) is 4.86. The van der Waals surface area contributed by atoms with Crippen molar-refractivity contribution in [2.24, 2.45) is 11.8 Å². The van der Waals surface area contributed by atoms with Gasteiger partial charge in [-0.2, -0.15) is 0 Å². The Bertz CT molecular complexity index is 695. The SMILES string of the molecule is O[C@@H]1C[C@H]2CN(Cc3cnc(SCc4ccccc4)nc3)C[C@H]2C[C@@H]1O. The largest absolute Gasteiger partial charge is 0.390 e. The molecule has 0 spiro atoms. The third-order valence-corrected chi connectivity index (χ3v) is 6.43. The summed E-state index contributed by atoms with van der Waals surface area (Å²) in [5, 5.41) is 20.6. The summed E-state index contributed by atoms with van der Waals surface area (Å²) < 4.78 is 0. The molecule has 0 radical (unpaired) electrons. The highest BCUT2D eigenvalue weighted by atomic mass is 32.2. The van der Waals surface area contributed by atoms with Crippen molar-refractivity contribution in [3.8, 4) is 0 Å². The minimum absolute atomic E-state index is 0.495. The number of nitrogens with zero attached hydrogens (tertiary/aromatic N) is 3. The zero-order chi connectivity index (χ0) is 17.9. The number of hydrogen-bond donors (Lipinski definition) is 2. The van der Waals surface area contributed by atoms with E-state index in [1.807, 2.05) is 30.6 Å². The number of fused-ring (bicyclic) bond motifs is 1. The molecule has 0 amide bonds. The van der Waals surface area contributed by atoms with Gasteiger partial charge in [0.15, 0.2) is 5.16 Å². The third kappa shape index (κ3) is 4.26. The second-order valence-electron chi connectivity index (χ2n) is 7.47. The van der Waals surface area contributed by atoms with Crippen LogP contribution in [0.2, 0.25) is 0 Å². The third-order valence-electron chi connectivity index (χ3n) is 5.48. The molecule has 1 aliphatic carbocycles. The van der Waals surface area contributed by atoms with Gasteiger partial charge in [-0.3, -0.25) is 4.90 Å². The van der Waals surface area contributed by atoms with Gasteiger partial charge in [0.2, 0.25) is 0 Å². The smallest absolute Gasteiger partial charge is 0.187 e. The lowest BCUT2D eigenvalue weighted by atomic mass is 9.79. The molecule has 4 atom stereocenters. The van der Waals surface area contributed by atoms with E-state index in [9.17, 15) is 10.2 Å². The summed E-state index contributed by atoms with van der Waals surface area (Å²) in [6.45, 7) is 2.81. The Labute approximate surface area is 158 Å². The van der Waals surface area contributed by atoms with Crippen molar-refractivity contribution in [3.05, 3.63) is 53.9 Å². The lowest BCUT2D eigenvalue weighted by molar-refractivity contribution is -0.0372. The number of aliphatic hydroxyl groups is 2. The van der Waals surface area contributed by atoms with Gasteiger partial charge < -0.3 is 10.2 Å². The molecule has 6 heteroatoms. The van der Waals surface area contributed by atoms with Crippen LogP contribution in [0.15, 0.2) is 47.9 Å². The number of aliphatic hydroxyl groups excluding tert-OH is 2. The molecule has 0 unspecified atom stereocenters. The first-order valence-electron chi connectivity index (χ1n) is 9.23. The Morgan fingerprint density at radius 3 is 2.15 bits per heavy atom. The molecular formula is C20H25N3O2S. The molecule has 2 fully saturated rings. The molecule has 1 saturated heterocycles. The van der Waals surface area contributed by atoms with Crippen LogP contribution in [0.25, 0.3) is 0 Å². The summed E-state index contributed by atoms with van der Waals surface area (Å²) >= 11 is 1.65. The number of aromatic nitrogens is 2. The van der Waals surface area contributed by atoms with E-state index in [0.717, 1.165) is 36.1 Å². The predicted molar refractivity (Wildman–Crippen MR) is 102 cm³/mol. The topological polar surface area (TPSA) is 69.5 Å². The Kier molecular flexibility index (Phi) is 5.55. The summed E-state index contributed by atoms with van der Waals surface area (Å²) in [6.07, 6.45) is 4.17. The first-order valence-corrected chi connectivity index (χ1v) is 10.2. The van der Waals surface area contributed by atoms with Crippen LogP contribution in [0.1, 0.15) is 24.0 Å². The molecule has 2 N–H and O–H groups in total. The van der Waals surface area contributed by atoms with Gasteiger partial charge in [-0.05, 0) is 30.2 Å². The van der Waals surface area contributed by atoms with Crippen molar-refractivity contribution in [1.29, 1.82) is 0 Å². The summed E-state index contributed by atoms with van der Waals surface area (Å²) in [5.41, 5.74) is 2.39. The lowest BCUT2D eigenvalue weighted by Gasteiger charge is -2.32. The average Bonchev–Trinajstić information content (AvgIpc) is 3.03. The second-order valence-corrected chi connectivity index (χ2v) is 8.41. The van der Waals surface area contributed by atoms with Crippen molar-refractivity contribution < 1.29 is 10.2 Å². The number of likely N-dealkylation sites (tertiary alicyclic amines) is 1. The van der Waals surface area contributed by atoms with E-state index >= 15 is 0 Å². The average molecular weight is 372 g/mol. The van der Waals surface area contributed by atoms with Crippen molar-refractivity contribution in [2.75, 3.05) is 13.1 Å². The molecule has 1 saturated carbocycles. The van der Waals surface area contributed by atoms with E-state index in [0.29, 0.717) is 24.7 Å². The van der Waals surface area contributed by atoms with Crippen LogP contribution in [0, 0.1) is 11.8 Å². The minimum Gasteiger partial charge on any atom is -0.390 e. The molecule has 2 aliphatic rings. The summed E-state index contributed by atoms with van der Waals surface area (Å²) in [4.78, 5) is 11.4. The van der Waals surface area contributed by atoms with Gasteiger partial charge in [0, 0.05) is 43.3 Å². The van der Waals surface area contributed by atoms with Gasteiger partial charge in [-0.1, -0.05) is 42.1 Å². The Morgan fingerprint density at radius 2 is 1.54 bits per heavy atom. The number of hydrogen-bond acceptors (Lipinski definition) is 6. The molecular weight excluding hydrogens is 346 g/mol. The van der Waals surface area contributed by atoms with Crippen LogP contribution < -0.4 is 0 Å². The van der Waals surface area contributed by atoms with Crippen molar-refractivity contribution in [2.45, 2.75) is 42.5 Å². The number of benzene rings is 1. The molecule has 1 aromatic heterocycles. The quantitative estimate of drug-likeness (QED) is 0.621. The van der Waals surface area contributed by atoms with E-state index in [-0.39, 0.29) is 0 Å². The van der Waals surface area contributed by atoms with E-state index in [1.54, 1.807) is 11.8 Å². The van der Waals surface area contributed by atoms with E-state index in [2.05, 4.69) is 27.0 Å². The Morgan fingerprint density at radius 1 is 0.923 bits per heavy atom.